The quantitative estimate of drug-likeness (QED) is 0.725. The van der Waals surface area contributed by atoms with Crippen molar-refractivity contribution in [1.29, 1.82) is 0 Å². The van der Waals surface area contributed by atoms with E-state index in [0.717, 1.165) is 30.0 Å². The van der Waals surface area contributed by atoms with Crippen molar-refractivity contribution in [2.45, 2.75) is 51.2 Å². The van der Waals surface area contributed by atoms with Crippen molar-refractivity contribution < 1.29 is 19.0 Å². The van der Waals surface area contributed by atoms with Crippen LogP contribution in [-0.4, -0.2) is 25.2 Å². The summed E-state index contributed by atoms with van der Waals surface area (Å²) in [5.41, 5.74) is 0.732. The highest BCUT2D eigenvalue weighted by atomic mass is 16.5. The van der Waals surface area contributed by atoms with E-state index >= 15 is 0 Å². The van der Waals surface area contributed by atoms with E-state index in [1.54, 1.807) is 19.2 Å². The van der Waals surface area contributed by atoms with Crippen LogP contribution in [0.4, 0.5) is 5.69 Å². The van der Waals surface area contributed by atoms with E-state index < -0.39 is 6.10 Å². The number of amides is 1. The van der Waals surface area contributed by atoms with Crippen molar-refractivity contribution >= 4 is 11.6 Å². The number of ether oxygens (including phenoxy) is 3. The van der Waals surface area contributed by atoms with Crippen molar-refractivity contribution in [2.24, 2.45) is 0 Å². The highest BCUT2D eigenvalue weighted by molar-refractivity contribution is 5.94. The highest BCUT2D eigenvalue weighted by Crippen LogP contribution is 2.25. The molecular weight excluding hydrogens is 342 g/mol. The van der Waals surface area contributed by atoms with Gasteiger partial charge in [-0.2, -0.15) is 0 Å². The Hall–Kier alpha value is -2.69. The third-order valence-corrected chi connectivity index (χ3v) is 4.73. The van der Waals surface area contributed by atoms with Gasteiger partial charge in [0, 0.05) is 5.69 Å². The van der Waals surface area contributed by atoms with Crippen LogP contribution in [-0.2, 0) is 4.79 Å². The second-order valence-electron chi connectivity index (χ2n) is 6.73. The lowest BCUT2D eigenvalue weighted by Gasteiger charge is -2.18. The molecule has 0 saturated heterocycles. The Morgan fingerprint density at radius 1 is 1.00 bits per heavy atom. The first kappa shape index (κ1) is 19.1. The van der Waals surface area contributed by atoms with Crippen LogP contribution in [0.25, 0.3) is 0 Å². The van der Waals surface area contributed by atoms with Gasteiger partial charge >= 0.3 is 0 Å². The molecule has 1 aliphatic rings. The molecular formula is C22H27NO4. The summed E-state index contributed by atoms with van der Waals surface area (Å²) in [6.45, 7) is 1.92. The minimum atomic E-state index is -0.562. The molecule has 27 heavy (non-hydrogen) atoms. The van der Waals surface area contributed by atoms with Gasteiger partial charge in [0.1, 0.15) is 17.2 Å². The molecule has 1 aliphatic carbocycles. The number of hydrogen-bond donors (Lipinski definition) is 1. The fraction of sp³-hybridized carbons (Fsp3) is 0.409. The number of methoxy groups -OCH3 is 1. The number of benzene rings is 2. The summed E-state index contributed by atoms with van der Waals surface area (Å²) in [6, 6.07) is 14.7. The molecule has 1 saturated carbocycles. The second-order valence-corrected chi connectivity index (χ2v) is 6.73. The molecule has 2 aromatic carbocycles. The molecule has 5 heteroatoms. The Balaban J connectivity index is 1.55. The first-order valence-corrected chi connectivity index (χ1v) is 9.56. The van der Waals surface area contributed by atoms with Crippen LogP contribution < -0.4 is 19.5 Å². The molecule has 0 radical (unpaired) electrons. The van der Waals surface area contributed by atoms with Gasteiger partial charge in [-0.25, -0.2) is 0 Å². The first-order valence-electron chi connectivity index (χ1n) is 9.56. The fourth-order valence-electron chi connectivity index (χ4n) is 3.18. The van der Waals surface area contributed by atoms with Crippen molar-refractivity contribution in [2.75, 3.05) is 12.4 Å². The molecule has 3 rings (SSSR count). The molecule has 144 valence electrons. The predicted molar refractivity (Wildman–Crippen MR) is 106 cm³/mol. The normalized spacial score (nSPS) is 15.2. The Morgan fingerprint density at radius 3 is 2.19 bits per heavy atom. The maximum absolute atomic E-state index is 12.5. The smallest absolute Gasteiger partial charge is 0.265 e. The maximum atomic E-state index is 12.5. The molecule has 1 fully saturated rings. The number of anilines is 1. The summed E-state index contributed by atoms with van der Waals surface area (Å²) in [6.07, 6.45) is 5.07. The highest BCUT2D eigenvalue weighted by Gasteiger charge is 2.19. The molecule has 0 spiro atoms. The van der Waals surface area contributed by atoms with Gasteiger partial charge in [-0.1, -0.05) is 6.92 Å². The van der Waals surface area contributed by atoms with Crippen LogP contribution in [0, 0.1) is 0 Å². The van der Waals surface area contributed by atoms with Crippen LogP contribution in [0.15, 0.2) is 48.5 Å². The van der Waals surface area contributed by atoms with Gasteiger partial charge in [-0.15, -0.1) is 0 Å². The molecule has 1 atom stereocenters. The van der Waals surface area contributed by atoms with Crippen molar-refractivity contribution in [3.63, 3.8) is 0 Å². The second kappa shape index (κ2) is 9.31. The van der Waals surface area contributed by atoms with Gasteiger partial charge in [0.25, 0.3) is 5.91 Å². The summed E-state index contributed by atoms with van der Waals surface area (Å²) in [7, 11) is 1.61. The average Bonchev–Trinajstić information content (AvgIpc) is 3.21. The van der Waals surface area contributed by atoms with E-state index in [1.807, 2.05) is 43.3 Å². The molecule has 1 N–H and O–H groups in total. The fourth-order valence-corrected chi connectivity index (χ4v) is 3.18. The van der Waals surface area contributed by atoms with Crippen molar-refractivity contribution in [3.8, 4) is 17.2 Å². The number of carbonyl (C=O) groups is 1. The van der Waals surface area contributed by atoms with Crippen molar-refractivity contribution in [1.82, 2.24) is 0 Å². The topological polar surface area (TPSA) is 56.8 Å². The van der Waals surface area contributed by atoms with Gasteiger partial charge in [0.15, 0.2) is 6.10 Å². The number of hydrogen-bond acceptors (Lipinski definition) is 4. The zero-order valence-electron chi connectivity index (χ0n) is 15.9. The van der Waals surface area contributed by atoms with Crippen LogP contribution in [0.5, 0.6) is 17.2 Å². The monoisotopic (exact) mass is 369 g/mol. The third-order valence-electron chi connectivity index (χ3n) is 4.73. The lowest BCUT2D eigenvalue weighted by atomic mass is 10.2. The molecule has 2 aromatic rings. The molecule has 1 amide bonds. The molecule has 5 nitrogen and oxygen atoms in total. The summed E-state index contributed by atoms with van der Waals surface area (Å²) in [5, 5.41) is 2.91. The summed E-state index contributed by atoms with van der Waals surface area (Å²) >= 11 is 0. The van der Waals surface area contributed by atoms with Crippen LogP contribution >= 0.6 is 0 Å². The van der Waals surface area contributed by atoms with Crippen LogP contribution in [0.2, 0.25) is 0 Å². The van der Waals surface area contributed by atoms with E-state index in [4.69, 9.17) is 14.2 Å². The number of nitrogens with one attached hydrogen (secondary N) is 1. The predicted octanol–water partition coefficient (Wildman–Crippen LogP) is 4.81. The largest absolute Gasteiger partial charge is 0.497 e. The van der Waals surface area contributed by atoms with Gasteiger partial charge in [0.05, 0.1) is 13.2 Å². The van der Waals surface area contributed by atoms with Crippen LogP contribution in [0.3, 0.4) is 0 Å². The summed E-state index contributed by atoms with van der Waals surface area (Å²) < 4.78 is 16.9. The zero-order chi connectivity index (χ0) is 19.1. The van der Waals surface area contributed by atoms with Gasteiger partial charge in [0.2, 0.25) is 0 Å². The van der Waals surface area contributed by atoms with E-state index in [0.29, 0.717) is 18.3 Å². The Bertz CT molecular complexity index is 721. The number of rotatable bonds is 8. The minimum Gasteiger partial charge on any atom is -0.497 e. The van der Waals surface area contributed by atoms with Gasteiger partial charge < -0.3 is 19.5 Å². The molecule has 1 unspecified atom stereocenters. The number of carbonyl (C=O) groups excluding carboxylic acids is 1. The third kappa shape index (κ3) is 5.39. The molecule has 0 heterocycles. The summed E-state index contributed by atoms with van der Waals surface area (Å²) in [4.78, 5) is 12.5. The zero-order valence-corrected chi connectivity index (χ0v) is 15.9. The Morgan fingerprint density at radius 2 is 1.59 bits per heavy atom. The van der Waals surface area contributed by atoms with Gasteiger partial charge in [-0.3, -0.25) is 4.79 Å². The van der Waals surface area contributed by atoms with Crippen molar-refractivity contribution in [3.05, 3.63) is 48.5 Å². The molecule has 0 bridgehead atoms. The maximum Gasteiger partial charge on any atom is 0.265 e. The lowest BCUT2D eigenvalue weighted by molar-refractivity contribution is -0.122. The van der Waals surface area contributed by atoms with E-state index in [9.17, 15) is 4.79 Å². The van der Waals surface area contributed by atoms with E-state index in [-0.39, 0.29) is 5.91 Å². The Kier molecular flexibility index (Phi) is 6.58. The average molecular weight is 369 g/mol. The van der Waals surface area contributed by atoms with E-state index in [1.165, 1.54) is 12.8 Å². The molecule has 0 aliphatic heterocycles. The SMILES string of the molecule is CCC(Oc1ccc(OC)cc1)C(=O)Nc1ccc(OC2CCCC2)cc1. The van der Waals surface area contributed by atoms with Crippen LogP contribution in [0.1, 0.15) is 39.0 Å². The standard InChI is InChI=1S/C22H27NO4/c1-3-21(27-20-14-12-17(25-2)13-15-20)22(24)23-16-8-10-19(11-9-16)26-18-6-4-5-7-18/h8-15,18,21H,3-7H2,1-2H3,(H,23,24). The summed E-state index contributed by atoms with van der Waals surface area (Å²) in [5.74, 6) is 2.07. The lowest BCUT2D eigenvalue weighted by Crippen LogP contribution is -2.32. The minimum absolute atomic E-state index is 0.169. The first-order chi connectivity index (χ1) is 13.2. The van der Waals surface area contributed by atoms with E-state index in [2.05, 4.69) is 5.32 Å². The van der Waals surface area contributed by atoms with Gasteiger partial charge in [-0.05, 0) is 80.6 Å². The Labute approximate surface area is 160 Å². The molecule has 0 aromatic heterocycles.